The zero-order valence-corrected chi connectivity index (χ0v) is 13.8. The second-order valence-electron chi connectivity index (χ2n) is 4.95. The van der Waals surface area contributed by atoms with Crippen molar-refractivity contribution >= 4 is 46.6 Å². The molecule has 116 valence electrons. The summed E-state index contributed by atoms with van der Waals surface area (Å²) in [6, 6.07) is 4.92. The number of nitrogens with two attached hydrogens (primary N) is 1. The maximum atomic E-state index is 11.9. The van der Waals surface area contributed by atoms with Gasteiger partial charge in [-0.15, -0.1) is 10.2 Å². The molecular formula is C13H13Cl2N5OS. The molecule has 0 aliphatic heterocycles. The van der Waals surface area contributed by atoms with E-state index in [0.717, 1.165) is 18.7 Å². The van der Waals surface area contributed by atoms with E-state index >= 15 is 0 Å². The number of aromatic nitrogens is 3. The average molecular weight is 358 g/mol. The molecule has 0 saturated heterocycles. The van der Waals surface area contributed by atoms with E-state index in [4.69, 9.17) is 29.0 Å². The minimum absolute atomic E-state index is 0.181. The summed E-state index contributed by atoms with van der Waals surface area (Å²) in [6.45, 7) is 0. The summed E-state index contributed by atoms with van der Waals surface area (Å²) in [5.74, 6) is 7.12. The third-order valence-electron chi connectivity index (χ3n) is 3.17. The molecule has 1 aliphatic carbocycles. The number of carbonyl (C=O) groups is 1. The Hall–Kier alpha value is -1.44. The average Bonchev–Trinajstić information content (AvgIpc) is 3.25. The van der Waals surface area contributed by atoms with Crippen LogP contribution in [-0.4, -0.2) is 26.5 Å². The van der Waals surface area contributed by atoms with Crippen molar-refractivity contribution in [2.45, 2.75) is 23.9 Å². The first-order valence-electron chi connectivity index (χ1n) is 6.62. The molecule has 0 spiro atoms. The van der Waals surface area contributed by atoms with Gasteiger partial charge < -0.3 is 11.2 Å². The van der Waals surface area contributed by atoms with Crippen LogP contribution in [0.25, 0.3) is 0 Å². The van der Waals surface area contributed by atoms with E-state index in [1.165, 1.54) is 16.4 Å². The van der Waals surface area contributed by atoms with E-state index in [1.807, 2.05) is 0 Å². The number of halogens is 2. The molecular weight excluding hydrogens is 345 g/mol. The Morgan fingerprint density at radius 3 is 2.82 bits per heavy atom. The van der Waals surface area contributed by atoms with Gasteiger partial charge in [0.25, 0.3) is 0 Å². The standard InChI is InChI=1S/C13H13Cl2N5OS/c14-9-4-3-8(5-10(9)15)17-11(21)6-22-13-19-18-12(20(13)16)7-1-2-7/h3-5,7H,1-2,6,16H2,(H,17,21). The van der Waals surface area contributed by atoms with Gasteiger partial charge in [-0.05, 0) is 31.0 Å². The van der Waals surface area contributed by atoms with Crippen LogP contribution in [0.4, 0.5) is 5.69 Å². The SMILES string of the molecule is Nn1c(SCC(=O)Nc2ccc(Cl)c(Cl)c2)nnc1C1CC1. The first kappa shape index (κ1) is 15.5. The van der Waals surface area contributed by atoms with Gasteiger partial charge in [-0.3, -0.25) is 4.79 Å². The third-order valence-corrected chi connectivity index (χ3v) is 4.85. The fraction of sp³-hybridized carbons (Fsp3) is 0.308. The summed E-state index contributed by atoms with van der Waals surface area (Å²) in [4.78, 5) is 11.9. The van der Waals surface area contributed by atoms with Crippen molar-refractivity contribution in [1.29, 1.82) is 0 Å². The molecule has 0 bridgehead atoms. The number of rotatable bonds is 5. The molecule has 22 heavy (non-hydrogen) atoms. The number of nitrogens with one attached hydrogen (secondary N) is 1. The summed E-state index contributed by atoms with van der Waals surface area (Å²) in [7, 11) is 0. The van der Waals surface area contributed by atoms with Crippen LogP contribution < -0.4 is 11.2 Å². The number of nitrogens with zero attached hydrogens (tertiary/aromatic N) is 3. The number of anilines is 1. The molecule has 1 amide bonds. The molecule has 1 saturated carbocycles. The largest absolute Gasteiger partial charge is 0.336 e. The quantitative estimate of drug-likeness (QED) is 0.634. The Kier molecular flexibility index (Phi) is 4.46. The van der Waals surface area contributed by atoms with Gasteiger partial charge in [0.05, 0.1) is 15.8 Å². The van der Waals surface area contributed by atoms with Gasteiger partial charge in [0.15, 0.2) is 5.82 Å². The summed E-state index contributed by atoms with van der Waals surface area (Å²) >= 11 is 13.0. The highest BCUT2D eigenvalue weighted by Crippen LogP contribution is 2.39. The highest BCUT2D eigenvalue weighted by atomic mass is 35.5. The summed E-state index contributed by atoms with van der Waals surface area (Å²) < 4.78 is 1.47. The molecule has 1 aromatic heterocycles. The van der Waals surface area contributed by atoms with E-state index in [9.17, 15) is 4.79 Å². The molecule has 1 fully saturated rings. The molecule has 9 heteroatoms. The predicted octanol–water partition coefficient (Wildman–Crippen LogP) is 2.91. The van der Waals surface area contributed by atoms with Crippen LogP contribution in [0, 0.1) is 0 Å². The lowest BCUT2D eigenvalue weighted by Crippen LogP contribution is -2.17. The fourth-order valence-corrected chi connectivity index (χ4v) is 2.87. The summed E-state index contributed by atoms with van der Waals surface area (Å²) in [6.07, 6.45) is 2.19. The number of carbonyl (C=O) groups excluding carboxylic acids is 1. The van der Waals surface area contributed by atoms with Crippen molar-refractivity contribution in [3.05, 3.63) is 34.1 Å². The minimum atomic E-state index is -0.181. The number of thioether (sulfide) groups is 1. The zero-order valence-electron chi connectivity index (χ0n) is 11.4. The molecule has 3 N–H and O–H groups in total. The van der Waals surface area contributed by atoms with Crippen LogP contribution in [0.5, 0.6) is 0 Å². The molecule has 0 radical (unpaired) electrons. The first-order valence-corrected chi connectivity index (χ1v) is 8.37. The second kappa shape index (κ2) is 6.36. The van der Waals surface area contributed by atoms with Crippen LogP contribution >= 0.6 is 35.0 Å². The van der Waals surface area contributed by atoms with E-state index < -0.39 is 0 Å². The number of hydrogen-bond acceptors (Lipinski definition) is 5. The van der Waals surface area contributed by atoms with Gasteiger partial charge in [-0.25, -0.2) is 4.68 Å². The van der Waals surface area contributed by atoms with E-state index in [0.29, 0.717) is 26.8 Å². The molecule has 0 atom stereocenters. The number of amides is 1. The number of hydrogen-bond donors (Lipinski definition) is 2. The molecule has 6 nitrogen and oxygen atoms in total. The predicted molar refractivity (Wildman–Crippen MR) is 88.0 cm³/mol. The zero-order chi connectivity index (χ0) is 15.7. The Morgan fingerprint density at radius 1 is 1.36 bits per heavy atom. The molecule has 3 rings (SSSR count). The normalized spacial score (nSPS) is 14.1. The van der Waals surface area contributed by atoms with Crippen LogP contribution in [0.15, 0.2) is 23.4 Å². The first-order chi connectivity index (χ1) is 10.5. The van der Waals surface area contributed by atoms with Gasteiger partial charge in [-0.2, -0.15) is 0 Å². The highest BCUT2D eigenvalue weighted by molar-refractivity contribution is 7.99. The van der Waals surface area contributed by atoms with Crippen LogP contribution in [0.2, 0.25) is 10.0 Å². The van der Waals surface area contributed by atoms with Crippen LogP contribution in [-0.2, 0) is 4.79 Å². The third kappa shape index (κ3) is 3.48. The van der Waals surface area contributed by atoms with Crippen LogP contribution in [0.1, 0.15) is 24.6 Å². The molecule has 1 heterocycles. The maximum Gasteiger partial charge on any atom is 0.234 e. The lowest BCUT2D eigenvalue weighted by Gasteiger charge is -2.06. The van der Waals surface area contributed by atoms with Gasteiger partial charge in [0.2, 0.25) is 11.1 Å². The van der Waals surface area contributed by atoms with Gasteiger partial charge in [-0.1, -0.05) is 35.0 Å². The van der Waals surface area contributed by atoms with Crippen LogP contribution in [0.3, 0.4) is 0 Å². The highest BCUT2D eigenvalue weighted by Gasteiger charge is 2.30. The second-order valence-corrected chi connectivity index (χ2v) is 6.71. The van der Waals surface area contributed by atoms with E-state index in [-0.39, 0.29) is 11.7 Å². The van der Waals surface area contributed by atoms with Crippen molar-refractivity contribution in [3.63, 3.8) is 0 Å². The minimum Gasteiger partial charge on any atom is -0.336 e. The lowest BCUT2D eigenvalue weighted by atomic mass is 10.3. The smallest absolute Gasteiger partial charge is 0.234 e. The van der Waals surface area contributed by atoms with Crippen molar-refractivity contribution < 1.29 is 4.79 Å². The van der Waals surface area contributed by atoms with Gasteiger partial charge >= 0.3 is 0 Å². The van der Waals surface area contributed by atoms with Crippen molar-refractivity contribution in [2.75, 3.05) is 16.9 Å². The molecule has 2 aromatic rings. The van der Waals surface area contributed by atoms with Gasteiger partial charge in [0, 0.05) is 11.6 Å². The van der Waals surface area contributed by atoms with Crippen molar-refractivity contribution in [1.82, 2.24) is 14.9 Å². The van der Waals surface area contributed by atoms with Gasteiger partial charge in [0.1, 0.15) is 0 Å². The number of benzene rings is 1. The molecule has 1 aromatic carbocycles. The maximum absolute atomic E-state index is 11.9. The Labute approximate surface area is 141 Å². The molecule has 1 aliphatic rings. The Balaban J connectivity index is 1.56. The number of nitrogen functional groups attached to an aromatic ring is 1. The van der Waals surface area contributed by atoms with Crippen molar-refractivity contribution in [2.24, 2.45) is 0 Å². The van der Waals surface area contributed by atoms with E-state index in [1.54, 1.807) is 18.2 Å². The summed E-state index contributed by atoms with van der Waals surface area (Å²) in [5.41, 5.74) is 0.591. The Morgan fingerprint density at radius 2 is 2.14 bits per heavy atom. The lowest BCUT2D eigenvalue weighted by molar-refractivity contribution is -0.113. The fourth-order valence-electron chi connectivity index (χ4n) is 1.91. The topological polar surface area (TPSA) is 85.8 Å². The van der Waals surface area contributed by atoms with Crippen molar-refractivity contribution in [3.8, 4) is 0 Å². The summed E-state index contributed by atoms with van der Waals surface area (Å²) in [5, 5.41) is 12.2. The monoisotopic (exact) mass is 357 g/mol. The Bertz CT molecular complexity index is 716. The van der Waals surface area contributed by atoms with E-state index in [2.05, 4.69) is 15.5 Å². The molecule has 0 unspecified atom stereocenters.